The zero-order chi connectivity index (χ0) is 22.5. The summed E-state index contributed by atoms with van der Waals surface area (Å²) < 4.78 is 5.55. The number of amides is 2. The molecule has 3 rings (SSSR count). The van der Waals surface area contributed by atoms with Crippen molar-refractivity contribution in [3.8, 4) is 11.1 Å². The largest absolute Gasteiger partial charge is 0.480 e. The van der Waals surface area contributed by atoms with Crippen molar-refractivity contribution in [2.24, 2.45) is 5.92 Å². The number of hydrogen-bond donors (Lipinski definition) is 3. The van der Waals surface area contributed by atoms with Gasteiger partial charge in [0.2, 0.25) is 5.91 Å². The second-order valence-corrected chi connectivity index (χ2v) is 8.15. The first-order valence-electron chi connectivity index (χ1n) is 10.4. The smallest absolute Gasteiger partial charge is 0.407 e. The first-order chi connectivity index (χ1) is 14.8. The number of nitrogens with one attached hydrogen (secondary N) is 2. The molecule has 1 aliphatic rings. The number of carbonyl (C=O) groups is 3. The van der Waals surface area contributed by atoms with E-state index in [-0.39, 0.29) is 24.9 Å². The number of ether oxygens (including phenoxy) is 1. The minimum atomic E-state index is -1.11. The third kappa shape index (κ3) is 5.23. The quantitative estimate of drug-likeness (QED) is 0.601. The molecule has 164 valence electrons. The Labute approximate surface area is 181 Å². The fourth-order valence-electron chi connectivity index (χ4n) is 3.81. The number of benzene rings is 2. The summed E-state index contributed by atoms with van der Waals surface area (Å²) in [6, 6.07) is 14.7. The first kappa shape index (κ1) is 22.3. The zero-order valence-electron chi connectivity index (χ0n) is 17.9. The van der Waals surface area contributed by atoms with Crippen molar-refractivity contribution < 1.29 is 24.2 Å². The van der Waals surface area contributed by atoms with Crippen LogP contribution in [0.15, 0.2) is 48.5 Å². The van der Waals surface area contributed by atoms with Gasteiger partial charge >= 0.3 is 12.1 Å². The van der Waals surface area contributed by atoms with Crippen LogP contribution in [0.5, 0.6) is 0 Å². The number of carboxylic acids is 1. The van der Waals surface area contributed by atoms with Crippen LogP contribution in [0.4, 0.5) is 4.79 Å². The van der Waals surface area contributed by atoms with Gasteiger partial charge in [-0.1, -0.05) is 62.4 Å². The number of carbonyl (C=O) groups excluding carboxylic acids is 2. The molecule has 0 saturated carbocycles. The molecule has 1 aliphatic carbocycles. The third-order valence-electron chi connectivity index (χ3n) is 5.60. The summed E-state index contributed by atoms with van der Waals surface area (Å²) in [5.41, 5.74) is 4.55. The Morgan fingerprint density at radius 3 is 2.00 bits per heavy atom. The van der Waals surface area contributed by atoms with E-state index in [1.165, 1.54) is 6.92 Å². The molecule has 0 aliphatic heterocycles. The van der Waals surface area contributed by atoms with Crippen LogP contribution in [-0.2, 0) is 14.3 Å². The maximum Gasteiger partial charge on any atom is 0.407 e. The Morgan fingerprint density at radius 1 is 0.935 bits per heavy atom. The second kappa shape index (κ2) is 9.64. The van der Waals surface area contributed by atoms with Gasteiger partial charge in [-0.3, -0.25) is 9.59 Å². The van der Waals surface area contributed by atoms with Crippen LogP contribution in [0.3, 0.4) is 0 Å². The molecule has 0 unspecified atom stereocenters. The molecule has 0 aromatic heterocycles. The van der Waals surface area contributed by atoms with Crippen molar-refractivity contribution >= 4 is 18.0 Å². The number of aliphatic carboxylic acids is 1. The molecule has 2 atom stereocenters. The van der Waals surface area contributed by atoms with Crippen molar-refractivity contribution in [1.29, 1.82) is 0 Å². The van der Waals surface area contributed by atoms with Gasteiger partial charge < -0.3 is 20.5 Å². The minimum Gasteiger partial charge on any atom is -0.480 e. The summed E-state index contributed by atoms with van der Waals surface area (Å²) in [5, 5.41) is 14.1. The lowest BCUT2D eigenvalue weighted by atomic mass is 9.98. The normalized spacial score (nSPS) is 14.3. The van der Waals surface area contributed by atoms with Crippen LogP contribution in [0, 0.1) is 5.92 Å². The molecule has 0 fully saturated rings. The van der Waals surface area contributed by atoms with Gasteiger partial charge in [-0.2, -0.15) is 0 Å². The van der Waals surface area contributed by atoms with E-state index < -0.39 is 30.1 Å². The van der Waals surface area contributed by atoms with Crippen molar-refractivity contribution in [2.75, 3.05) is 6.61 Å². The molecule has 2 amide bonds. The second-order valence-electron chi connectivity index (χ2n) is 8.15. The summed E-state index contributed by atoms with van der Waals surface area (Å²) in [6.45, 7) is 5.33. The van der Waals surface area contributed by atoms with Crippen molar-refractivity contribution in [3.05, 3.63) is 59.7 Å². The molecule has 31 heavy (non-hydrogen) atoms. The Hall–Kier alpha value is -3.35. The lowest BCUT2D eigenvalue weighted by Gasteiger charge is -2.23. The lowest BCUT2D eigenvalue weighted by Crippen LogP contribution is -2.45. The maximum absolute atomic E-state index is 12.5. The van der Waals surface area contributed by atoms with Crippen LogP contribution < -0.4 is 10.6 Å². The molecule has 0 spiro atoms. The van der Waals surface area contributed by atoms with Crippen LogP contribution in [0.25, 0.3) is 11.1 Å². The standard InChI is InChI=1S/C24H28N2O5/c1-14(2)21(12-22(27)25-15(3)23(28)29)26-24(30)31-13-20-18-10-6-4-8-16(18)17-9-5-7-11-19(17)20/h4-11,14-15,20-21H,12-13H2,1-3H3,(H,25,27)(H,26,30)(H,28,29)/t15-,21-/m0/s1. The third-order valence-corrected chi connectivity index (χ3v) is 5.60. The van der Waals surface area contributed by atoms with Gasteiger partial charge in [0, 0.05) is 18.4 Å². The summed E-state index contributed by atoms with van der Waals surface area (Å²) in [6.07, 6.45) is -0.626. The summed E-state index contributed by atoms with van der Waals surface area (Å²) in [4.78, 5) is 35.5. The fraction of sp³-hybridized carbons (Fsp3) is 0.375. The van der Waals surface area contributed by atoms with Gasteiger partial charge in [0.25, 0.3) is 0 Å². The van der Waals surface area contributed by atoms with E-state index in [1.54, 1.807) is 0 Å². The van der Waals surface area contributed by atoms with Crippen molar-refractivity contribution in [3.63, 3.8) is 0 Å². The van der Waals surface area contributed by atoms with Gasteiger partial charge in [0.05, 0.1) is 0 Å². The molecular formula is C24H28N2O5. The van der Waals surface area contributed by atoms with Crippen LogP contribution in [0.1, 0.15) is 44.2 Å². The number of alkyl carbamates (subject to hydrolysis) is 1. The minimum absolute atomic E-state index is 0.0283. The Balaban J connectivity index is 1.61. The molecular weight excluding hydrogens is 396 g/mol. The average molecular weight is 424 g/mol. The molecule has 0 heterocycles. The van der Waals surface area contributed by atoms with E-state index >= 15 is 0 Å². The van der Waals surface area contributed by atoms with Gasteiger partial charge in [-0.25, -0.2) is 4.79 Å². The number of rotatable bonds is 8. The highest BCUT2D eigenvalue weighted by molar-refractivity contribution is 5.84. The van der Waals surface area contributed by atoms with E-state index in [4.69, 9.17) is 9.84 Å². The molecule has 2 aromatic rings. The first-order valence-corrected chi connectivity index (χ1v) is 10.4. The van der Waals surface area contributed by atoms with Crippen LogP contribution in [0.2, 0.25) is 0 Å². The average Bonchev–Trinajstić information content (AvgIpc) is 3.05. The lowest BCUT2D eigenvalue weighted by molar-refractivity contribution is -0.141. The van der Waals surface area contributed by atoms with Crippen molar-refractivity contribution in [1.82, 2.24) is 10.6 Å². The molecule has 7 heteroatoms. The Bertz CT molecular complexity index is 926. The Morgan fingerprint density at radius 2 is 1.48 bits per heavy atom. The van der Waals surface area contributed by atoms with E-state index in [1.807, 2.05) is 50.2 Å². The summed E-state index contributed by atoms with van der Waals surface area (Å²) in [5.74, 6) is -1.63. The predicted molar refractivity (Wildman–Crippen MR) is 117 cm³/mol. The highest BCUT2D eigenvalue weighted by Gasteiger charge is 2.29. The predicted octanol–water partition coefficient (Wildman–Crippen LogP) is 3.53. The van der Waals surface area contributed by atoms with E-state index in [9.17, 15) is 14.4 Å². The molecule has 0 bridgehead atoms. The highest BCUT2D eigenvalue weighted by atomic mass is 16.5. The molecule has 0 saturated heterocycles. The van der Waals surface area contributed by atoms with Gasteiger partial charge in [-0.05, 0) is 35.1 Å². The maximum atomic E-state index is 12.5. The fourth-order valence-corrected chi connectivity index (χ4v) is 3.81. The summed E-state index contributed by atoms with van der Waals surface area (Å²) in [7, 11) is 0. The van der Waals surface area contributed by atoms with Gasteiger partial charge in [-0.15, -0.1) is 0 Å². The number of hydrogen-bond acceptors (Lipinski definition) is 4. The SMILES string of the molecule is CC(C)[C@H](CC(=O)N[C@@H](C)C(=O)O)NC(=O)OCC1c2ccccc2-c2ccccc21. The zero-order valence-corrected chi connectivity index (χ0v) is 17.9. The molecule has 3 N–H and O–H groups in total. The van der Waals surface area contributed by atoms with Crippen LogP contribution >= 0.6 is 0 Å². The highest BCUT2D eigenvalue weighted by Crippen LogP contribution is 2.44. The van der Waals surface area contributed by atoms with Crippen LogP contribution in [-0.4, -0.2) is 41.8 Å². The molecule has 2 aromatic carbocycles. The Kier molecular flexibility index (Phi) is 6.95. The monoisotopic (exact) mass is 424 g/mol. The summed E-state index contributed by atoms with van der Waals surface area (Å²) >= 11 is 0. The van der Waals surface area contributed by atoms with Gasteiger partial charge in [0.1, 0.15) is 12.6 Å². The molecule has 7 nitrogen and oxygen atoms in total. The van der Waals surface area contributed by atoms with E-state index in [0.717, 1.165) is 22.3 Å². The van der Waals surface area contributed by atoms with Crippen molar-refractivity contribution in [2.45, 2.75) is 45.2 Å². The molecule has 0 radical (unpaired) electrons. The van der Waals surface area contributed by atoms with Gasteiger partial charge in [0.15, 0.2) is 0 Å². The number of carboxylic acid groups (broad SMARTS) is 1. The number of fused-ring (bicyclic) bond motifs is 3. The van der Waals surface area contributed by atoms with E-state index in [0.29, 0.717) is 0 Å². The topological polar surface area (TPSA) is 105 Å². The van der Waals surface area contributed by atoms with E-state index in [2.05, 4.69) is 22.8 Å².